The Hall–Kier alpha value is -1.30. The second kappa shape index (κ2) is 8.39. The molecule has 1 saturated carbocycles. The van der Waals surface area contributed by atoms with Gasteiger partial charge >= 0.3 is 0 Å². The van der Waals surface area contributed by atoms with E-state index >= 15 is 0 Å². The Morgan fingerprint density at radius 2 is 1.68 bits per heavy atom. The van der Waals surface area contributed by atoms with Gasteiger partial charge in [-0.2, -0.15) is 0 Å². The molecule has 1 aromatic rings. The first-order valence-electron chi connectivity index (χ1n) is 8.59. The fraction of sp³-hybridized carbons (Fsp3) is 0.556. The average Bonchev–Trinajstić information content (AvgIpc) is 2.79. The summed E-state index contributed by atoms with van der Waals surface area (Å²) < 4.78 is 0. The number of halogens is 2. The van der Waals surface area contributed by atoms with E-state index in [2.05, 4.69) is 0 Å². The summed E-state index contributed by atoms with van der Waals surface area (Å²) in [4.78, 5) is 28.8. The van der Waals surface area contributed by atoms with E-state index in [1.165, 1.54) is 0 Å². The van der Waals surface area contributed by atoms with E-state index in [4.69, 9.17) is 17.3 Å². The lowest BCUT2D eigenvalue weighted by Gasteiger charge is -2.38. The van der Waals surface area contributed by atoms with E-state index < -0.39 is 0 Å². The zero-order valence-electron chi connectivity index (χ0n) is 14.2. The van der Waals surface area contributed by atoms with Crippen molar-refractivity contribution in [2.45, 2.75) is 37.6 Å². The summed E-state index contributed by atoms with van der Waals surface area (Å²) in [5.41, 5.74) is 6.42. The van der Waals surface area contributed by atoms with Gasteiger partial charge in [0.05, 0.1) is 10.6 Å². The molecule has 1 heterocycles. The summed E-state index contributed by atoms with van der Waals surface area (Å²) >= 11 is 6.13. The number of nitrogens with two attached hydrogens (primary N) is 1. The molecule has 1 saturated heterocycles. The molecular weight excluding hydrogens is 361 g/mol. The highest BCUT2D eigenvalue weighted by Gasteiger charge is 2.36. The Labute approximate surface area is 159 Å². The first-order chi connectivity index (χ1) is 11.5. The normalized spacial score (nSPS) is 19.4. The van der Waals surface area contributed by atoms with Crippen molar-refractivity contribution in [3.8, 4) is 0 Å². The van der Waals surface area contributed by atoms with Crippen LogP contribution in [0.15, 0.2) is 24.3 Å². The van der Waals surface area contributed by atoms with Crippen LogP contribution in [0.5, 0.6) is 0 Å². The maximum absolute atomic E-state index is 12.7. The Balaban J connectivity index is 0.00000225. The molecule has 25 heavy (non-hydrogen) atoms. The highest BCUT2D eigenvalue weighted by Crippen LogP contribution is 2.32. The molecular formula is C18H25Cl2N3O2. The van der Waals surface area contributed by atoms with Crippen LogP contribution in [-0.2, 0) is 4.79 Å². The van der Waals surface area contributed by atoms with Crippen LogP contribution in [0.3, 0.4) is 0 Å². The Morgan fingerprint density at radius 3 is 2.32 bits per heavy atom. The van der Waals surface area contributed by atoms with Crippen LogP contribution in [0.25, 0.3) is 0 Å². The zero-order chi connectivity index (χ0) is 17.2. The predicted molar refractivity (Wildman–Crippen MR) is 101 cm³/mol. The minimum Gasteiger partial charge on any atom is -0.341 e. The van der Waals surface area contributed by atoms with Gasteiger partial charge in [0.15, 0.2) is 0 Å². The van der Waals surface area contributed by atoms with Gasteiger partial charge in [0.25, 0.3) is 5.91 Å². The topological polar surface area (TPSA) is 66.6 Å². The maximum Gasteiger partial charge on any atom is 0.255 e. The van der Waals surface area contributed by atoms with Crippen molar-refractivity contribution in [3.05, 3.63) is 34.9 Å². The van der Waals surface area contributed by atoms with E-state index in [0.29, 0.717) is 43.2 Å². The molecule has 0 radical (unpaired) electrons. The van der Waals surface area contributed by atoms with Gasteiger partial charge in [-0.15, -0.1) is 12.4 Å². The molecule has 138 valence electrons. The molecule has 0 bridgehead atoms. The standard InChI is InChI=1S/C18H24ClN3O2.ClH/c19-15-6-2-1-5-14(15)17(24)22-10-4-9-21(11-12-22)16(23)13-18(20)7-3-8-18;/h1-2,5-6H,3-4,7-13,20H2;1H. The van der Waals surface area contributed by atoms with E-state index in [-0.39, 0.29) is 29.8 Å². The second-order valence-corrected chi connectivity index (χ2v) is 7.31. The molecule has 2 N–H and O–H groups in total. The highest BCUT2D eigenvalue weighted by atomic mass is 35.5. The van der Waals surface area contributed by atoms with Crippen LogP contribution in [0, 0.1) is 0 Å². The fourth-order valence-corrected chi connectivity index (χ4v) is 3.61. The first-order valence-corrected chi connectivity index (χ1v) is 8.97. The minimum atomic E-state index is -0.295. The predicted octanol–water partition coefficient (Wildman–Crippen LogP) is 2.71. The third-order valence-electron chi connectivity index (χ3n) is 5.09. The van der Waals surface area contributed by atoms with E-state index in [1.807, 2.05) is 17.0 Å². The van der Waals surface area contributed by atoms with Gasteiger partial charge in [0.2, 0.25) is 5.91 Å². The van der Waals surface area contributed by atoms with Gasteiger partial charge < -0.3 is 15.5 Å². The van der Waals surface area contributed by atoms with Crippen molar-refractivity contribution in [3.63, 3.8) is 0 Å². The van der Waals surface area contributed by atoms with Crippen molar-refractivity contribution in [2.75, 3.05) is 26.2 Å². The van der Waals surface area contributed by atoms with E-state index in [1.54, 1.807) is 17.0 Å². The highest BCUT2D eigenvalue weighted by molar-refractivity contribution is 6.33. The SMILES string of the molecule is Cl.NC1(CC(=O)N2CCCN(C(=O)c3ccccc3Cl)CC2)CCC1. The molecule has 5 nitrogen and oxygen atoms in total. The monoisotopic (exact) mass is 385 g/mol. The van der Waals surface area contributed by atoms with Gasteiger partial charge in [-0.25, -0.2) is 0 Å². The third kappa shape index (κ3) is 4.66. The zero-order valence-corrected chi connectivity index (χ0v) is 15.8. The van der Waals surface area contributed by atoms with Gasteiger partial charge in [0.1, 0.15) is 0 Å². The lowest BCUT2D eigenvalue weighted by molar-refractivity contribution is -0.133. The van der Waals surface area contributed by atoms with Crippen LogP contribution in [-0.4, -0.2) is 53.3 Å². The lowest BCUT2D eigenvalue weighted by Crippen LogP contribution is -2.51. The summed E-state index contributed by atoms with van der Waals surface area (Å²) in [5.74, 6) is 0.0495. The number of nitrogens with zero attached hydrogens (tertiary/aromatic N) is 2. The van der Waals surface area contributed by atoms with E-state index in [0.717, 1.165) is 25.7 Å². The van der Waals surface area contributed by atoms with Crippen LogP contribution >= 0.6 is 24.0 Å². The van der Waals surface area contributed by atoms with Crippen LogP contribution in [0.4, 0.5) is 0 Å². The lowest BCUT2D eigenvalue weighted by atomic mass is 9.75. The van der Waals surface area contributed by atoms with Crippen LogP contribution in [0.2, 0.25) is 5.02 Å². The summed E-state index contributed by atoms with van der Waals surface area (Å²) in [7, 11) is 0. The third-order valence-corrected chi connectivity index (χ3v) is 5.42. The molecule has 0 aromatic heterocycles. The number of benzene rings is 1. The smallest absolute Gasteiger partial charge is 0.255 e. The van der Waals surface area contributed by atoms with Gasteiger partial charge in [0, 0.05) is 38.1 Å². The largest absolute Gasteiger partial charge is 0.341 e. The number of rotatable bonds is 3. The average molecular weight is 386 g/mol. The van der Waals surface area contributed by atoms with Gasteiger partial charge in [-0.05, 0) is 37.8 Å². The molecule has 2 aliphatic rings. The van der Waals surface area contributed by atoms with Crippen molar-refractivity contribution in [1.82, 2.24) is 9.80 Å². The van der Waals surface area contributed by atoms with Crippen LogP contribution < -0.4 is 5.73 Å². The molecule has 0 unspecified atom stereocenters. The van der Waals surface area contributed by atoms with Gasteiger partial charge in [-0.3, -0.25) is 9.59 Å². The van der Waals surface area contributed by atoms with Crippen molar-refractivity contribution >= 4 is 35.8 Å². The quantitative estimate of drug-likeness (QED) is 0.869. The maximum atomic E-state index is 12.7. The fourth-order valence-electron chi connectivity index (χ4n) is 3.40. The number of carbonyl (C=O) groups is 2. The molecule has 2 fully saturated rings. The van der Waals surface area contributed by atoms with Crippen molar-refractivity contribution in [1.29, 1.82) is 0 Å². The molecule has 7 heteroatoms. The second-order valence-electron chi connectivity index (χ2n) is 6.90. The summed E-state index contributed by atoms with van der Waals surface area (Å²) in [6.45, 7) is 2.42. The summed E-state index contributed by atoms with van der Waals surface area (Å²) in [5, 5.41) is 0.467. The Morgan fingerprint density at radius 1 is 1.04 bits per heavy atom. The number of carbonyl (C=O) groups excluding carboxylic acids is 2. The molecule has 3 rings (SSSR count). The molecule has 0 atom stereocenters. The number of amides is 2. The summed E-state index contributed by atoms with van der Waals surface area (Å²) in [6, 6.07) is 7.09. The van der Waals surface area contributed by atoms with Crippen LogP contribution in [0.1, 0.15) is 42.5 Å². The minimum absolute atomic E-state index is 0. The number of hydrogen-bond acceptors (Lipinski definition) is 3. The molecule has 1 aliphatic carbocycles. The molecule has 1 aliphatic heterocycles. The molecule has 0 spiro atoms. The Kier molecular flexibility index (Phi) is 6.72. The molecule has 2 amide bonds. The summed E-state index contributed by atoms with van der Waals surface area (Å²) in [6.07, 6.45) is 4.18. The first kappa shape index (κ1) is 20.0. The van der Waals surface area contributed by atoms with Gasteiger partial charge in [-0.1, -0.05) is 23.7 Å². The van der Waals surface area contributed by atoms with Crippen molar-refractivity contribution in [2.24, 2.45) is 5.73 Å². The van der Waals surface area contributed by atoms with E-state index in [9.17, 15) is 9.59 Å². The Bertz CT molecular complexity index is 635. The molecule has 1 aromatic carbocycles. The van der Waals surface area contributed by atoms with Crippen molar-refractivity contribution < 1.29 is 9.59 Å². The number of hydrogen-bond donors (Lipinski definition) is 1.